The van der Waals surface area contributed by atoms with Gasteiger partial charge in [0.15, 0.2) is 0 Å². The number of aromatic hydroxyl groups is 1. The summed E-state index contributed by atoms with van der Waals surface area (Å²) in [6.45, 7) is 0. The van der Waals surface area contributed by atoms with Gasteiger partial charge >= 0.3 is 37.9 Å². The molecular weight excluding hydrogens is 432 g/mol. The molecule has 1 fully saturated rings. The fraction of sp³-hybridized carbons (Fsp3) is 0.350. The molecular formula is C20H23Cl2NOZr. The number of aliphatic imine (C=N–C) groups is 1. The molecule has 5 heteroatoms. The van der Waals surface area contributed by atoms with Gasteiger partial charge in [0.2, 0.25) is 0 Å². The first kappa shape index (κ1) is 20.7. The number of hydrogen-bond donors (Lipinski definition) is 1. The third kappa shape index (κ3) is 5.95. The van der Waals surface area contributed by atoms with Crippen molar-refractivity contribution in [3.63, 3.8) is 0 Å². The Labute approximate surface area is 169 Å². The number of phenolic OH excluding ortho intramolecular Hbond substituents is 1. The van der Waals surface area contributed by atoms with Crippen LogP contribution in [0.5, 0.6) is 5.75 Å². The Morgan fingerprint density at radius 1 is 1.04 bits per heavy atom. The third-order valence-corrected chi connectivity index (χ3v) is 4.59. The Kier molecular flexibility index (Phi) is 9.24. The standard InChI is InChI=1S/C20H23NO.2ClH.Zr/c1-21-14-18-12-17(15-8-4-2-5-9-15)13-19(20(18)22)16-10-6-3-7-11-16;;;/h2,4-5,8-9,12-14,16,22H,3,6-7,10-11H2,1H3;2*1H;/q;;;+2/p-2. The Hall–Kier alpha value is -0.627. The van der Waals surface area contributed by atoms with Gasteiger partial charge in [0.1, 0.15) is 5.75 Å². The van der Waals surface area contributed by atoms with E-state index < -0.39 is 20.8 Å². The van der Waals surface area contributed by atoms with Crippen LogP contribution in [0.1, 0.15) is 49.1 Å². The average Bonchev–Trinajstić information content (AvgIpc) is 2.66. The minimum atomic E-state index is -0.826. The number of hydrogen-bond acceptors (Lipinski definition) is 2. The van der Waals surface area contributed by atoms with E-state index in [0.717, 1.165) is 16.7 Å². The first-order valence-electron chi connectivity index (χ1n) is 8.52. The Morgan fingerprint density at radius 2 is 1.68 bits per heavy atom. The molecule has 0 radical (unpaired) electrons. The van der Waals surface area contributed by atoms with E-state index in [4.69, 9.17) is 17.0 Å². The van der Waals surface area contributed by atoms with Crippen LogP contribution in [0, 0.1) is 0 Å². The summed E-state index contributed by atoms with van der Waals surface area (Å²) in [5.74, 6) is 0.888. The average molecular weight is 456 g/mol. The molecule has 0 amide bonds. The molecule has 2 aromatic rings. The molecule has 0 bridgehead atoms. The number of rotatable bonds is 3. The number of phenols is 1. The predicted octanol–water partition coefficient (Wildman–Crippen LogP) is 6.53. The fourth-order valence-electron chi connectivity index (χ4n) is 3.44. The van der Waals surface area contributed by atoms with E-state index in [1.807, 2.05) is 12.1 Å². The number of nitrogens with zero attached hydrogens (tertiary/aromatic N) is 1. The van der Waals surface area contributed by atoms with Crippen LogP contribution >= 0.6 is 17.0 Å². The van der Waals surface area contributed by atoms with Crippen molar-refractivity contribution in [2.45, 2.75) is 38.0 Å². The number of benzene rings is 2. The van der Waals surface area contributed by atoms with Crippen LogP contribution < -0.4 is 0 Å². The van der Waals surface area contributed by atoms with Gasteiger partial charge in [-0.3, -0.25) is 4.99 Å². The molecule has 0 spiro atoms. The summed E-state index contributed by atoms with van der Waals surface area (Å²) in [5.41, 5.74) is 4.26. The van der Waals surface area contributed by atoms with Gasteiger partial charge in [0.05, 0.1) is 0 Å². The van der Waals surface area contributed by atoms with Crippen LogP contribution in [-0.4, -0.2) is 18.4 Å². The summed E-state index contributed by atoms with van der Waals surface area (Å²) >= 11 is -0.826. The molecule has 1 aliphatic carbocycles. The van der Waals surface area contributed by atoms with Crippen LogP contribution in [0.2, 0.25) is 0 Å². The molecule has 25 heavy (non-hydrogen) atoms. The van der Waals surface area contributed by atoms with E-state index in [1.165, 1.54) is 37.7 Å². The molecule has 0 heterocycles. The second-order valence-electron chi connectivity index (χ2n) is 6.16. The number of halogens is 2. The second-order valence-corrected chi connectivity index (χ2v) is 9.89. The van der Waals surface area contributed by atoms with Crippen LogP contribution in [0.3, 0.4) is 0 Å². The van der Waals surface area contributed by atoms with Crippen molar-refractivity contribution in [3.8, 4) is 16.9 Å². The minimum absolute atomic E-state index is 0.414. The molecule has 1 N–H and O–H groups in total. The third-order valence-electron chi connectivity index (χ3n) is 4.59. The molecule has 3 rings (SSSR count). The Balaban J connectivity index is 0.000000701. The van der Waals surface area contributed by atoms with Gasteiger partial charge in [-0.05, 0) is 47.6 Å². The van der Waals surface area contributed by atoms with E-state index in [-0.39, 0.29) is 0 Å². The van der Waals surface area contributed by atoms with Gasteiger partial charge in [0, 0.05) is 18.8 Å². The van der Waals surface area contributed by atoms with E-state index in [0.29, 0.717) is 11.7 Å². The summed E-state index contributed by atoms with van der Waals surface area (Å²) in [5, 5.41) is 10.7. The van der Waals surface area contributed by atoms with Gasteiger partial charge in [-0.1, -0.05) is 49.6 Å². The molecule has 132 valence electrons. The van der Waals surface area contributed by atoms with Crippen molar-refractivity contribution >= 4 is 23.2 Å². The summed E-state index contributed by atoms with van der Waals surface area (Å²) in [4.78, 5) is 4.10. The predicted molar refractivity (Wildman–Crippen MR) is 105 cm³/mol. The molecule has 1 aliphatic rings. The zero-order chi connectivity index (χ0) is 18.1. The molecule has 1 saturated carbocycles. The van der Waals surface area contributed by atoms with E-state index in [2.05, 4.69) is 35.3 Å². The summed E-state index contributed by atoms with van der Waals surface area (Å²) < 4.78 is 0. The van der Waals surface area contributed by atoms with Crippen molar-refractivity contribution in [1.29, 1.82) is 0 Å². The monoisotopic (exact) mass is 453 g/mol. The van der Waals surface area contributed by atoms with Crippen LogP contribution in [0.4, 0.5) is 0 Å². The van der Waals surface area contributed by atoms with Crippen molar-refractivity contribution in [2.24, 2.45) is 4.99 Å². The summed E-state index contributed by atoms with van der Waals surface area (Å²) in [7, 11) is 11.6. The second kappa shape index (κ2) is 11.2. The van der Waals surface area contributed by atoms with E-state index in [9.17, 15) is 5.11 Å². The SMILES string of the molecule is CN=Cc1cc(-c2ccccc2)cc(C2CCCCC2)c1O.[Cl][Zr][Cl]. The van der Waals surface area contributed by atoms with E-state index >= 15 is 0 Å². The first-order valence-corrected chi connectivity index (χ1v) is 14.8. The van der Waals surface area contributed by atoms with Gasteiger partial charge < -0.3 is 5.11 Å². The fourth-order valence-corrected chi connectivity index (χ4v) is 3.44. The quantitative estimate of drug-likeness (QED) is 0.524. The maximum atomic E-state index is 10.7. The normalized spacial score (nSPS) is 14.8. The van der Waals surface area contributed by atoms with Crippen LogP contribution in [-0.2, 0) is 20.8 Å². The van der Waals surface area contributed by atoms with Crippen LogP contribution in [0.25, 0.3) is 11.1 Å². The van der Waals surface area contributed by atoms with Crippen molar-refractivity contribution < 1.29 is 26.0 Å². The zero-order valence-corrected chi connectivity index (χ0v) is 18.4. The van der Waals surface area contributed by atoms with Gasteiger partial charge in [-0.15, -0.1) is 0 Å². The van der Waals surface area contributed by atoms with Crippen molar-refractivity contribution in [1.82, 2.24) is 0 Å². The van der Waals surface area contributed by atoms with Crippen molar-refractivity contribution in [2.75, 3.05) is 7.05 Å². The summed E-state index contributed by atoms with van der Waals surface area (Å²) in [6, 6.07) is 14.6. The molecule has 2 aromatic carbocycles. The zero-order valence-electron chi connectivity index (χ0n) is 14.4. The summed E-state index contributed by atoms with van der Waals surface area (Å²) in [6.07, 6.45) is 7.95. The van der Waals surface area contributed by atoms with E-state index in [1.54, 1.807) is 13.3 Å². The topological polar surface area (TPSA) is 32.6 Å². The maximum absolute atomic E-state index is 10.7. The Bertz CT molecular complexity index is 686. The molecule has 0 saturated heterocycles. The molecule has 0 unspecified atom stereocenters. The molecule has 2 nitrogen and oxygen atoms in total. The molecule has 0 atom stereocenters. The van der Waals surface area contributed by atoms with Gasteiger partial charge in [-0.2, -0.15) is 0 Å². The van der Waals surface area contributed by atoms with Gasteiger partial charge in [0.25, 0.3) is 0 Å². The van der Waals surface area contributed by atoms with Crippen LogP contribution in [0.15, 0.2) is 47.5 Å². The van der Waals surface area contributed by atoms with Crippen molar-refractivity contribution in [3.05, 3.63) is 53.6 Å². The molecule has 0 aliphatic heterocycles. The molecule has 0 aromatic heterocycles. The first-order chi connectivity index (χ1) is 12.2. The van der Waals surface area contributed by atoms with Gasteiger partial charge in [-0.25, -0.2) is 0 Å². The Morgan fingerprint density at radius 3 is 2.28 bits per heavy atom.